The first kappa shape index (κ1) is 27.5. The van der Waals surface area contributed by atoms with Crippen molar-refractivity contribution < 1.29 is 24.3 Å². The highest BCUT2D eigenvalue weighted by Crippen LogP contribution is 2.44. The van der Waals surface area contributed by atoms with Crippen LogP contribution in [0.25, 0.3) is 0 Å². The van der Waals surface area contributed by atoms with Gasteiger partial charge in [0.05, 0.1) is 25.7 Å². The van der Waals surface area contributed by atoms with Crippen molar-refractivity contribution in [2.45, 2.75) is 85.1 Å². The van der Waals surface area contributed by atoms with Crippen LogP contribution >= 0.6 is 0 Å². The van der Waals surface area contributed by atoms with Gasteiger partial charge in [-0.3, -0.25) is 19.3 Å². The fraction of sp³-hybridized carbons (Fsp3) is 0.714. The lowest BCUT2D eigenvalue weighted by Gasteiger charge is -2.35. The van der Waals surface area contributed by atoms with E-state index in [0.29, 0.717) is 26.3 Å². The Hall–Kier alpha value is -2.12. The maximum absolute atomic E-state index is 13.3. The quantitative estimate of drug-likeness (QED) is 0.399. The van der Waals surface area contributed by atoms with Crippen molar-refractivity contribution in [2.75, 3.05) is 32.8 Å². The number of rotatable bonds is 13. The molecule has 196 valence electrons. The van der Waals surface area contributed by atoms with E-state index >= 15 is 0 Å². The summed E-state index contributed by atoms with van der Waals surface area (Å²) in [4.78, 5) is 33.9. The van der Waals surface area contributed by atoms with Crippen molar-refractivity contribution in [3.05, 3.63) is 29.3 Å². The van der Waals surface area contributed by atoms with Crippen LogP contribution in [0.5, 0.6) is 5.75 Å². The highest BCUT2D eigenvalue weighted by atomic mass is 16.7. The van der Waals surface area contributed by atoms with Gasteiger partial charge in [0.15, 0.2) is 0 Å². The molecule has 0 aromatic heterocycles. The molecular weight excluding hydrogens is 444 g/mol. The number of hydrogen-bond donors (Lipinski definition) is 1. The molecule has 2 heterocycles. The summed E-state index contributed by atoms with van der Waals surface area (Å²) >= 11 is 0. The monoisotopic (exact) mass is 488 g/mol. The molecule has 2 aliphatic rings. The van der Waals surface area contributed by atoms with E-state index in [1.807, 2.05) is 26.0 Å². The molecule has 2 aliphatic heterocycles. The Morgan fingerprint density at radius 3 is 2.63 bits per heavy atom. The van der Waals surface area contributed by atoms with Gasteiger partial charge in [0.25, 0.3) is 5.91 Å². The summed E-state index contributed by atoms with van der Waals surface area (Å²) in [6, 6.07) is 5.89. The highest BCUT2D eigenvalue weighted by Gasteiger charge is 2.48. The zero-order valence-corrected chi connectivity index (χ0v) is 22.2. The molecule has 0 radical (unpaired) electrons. The van der Waals surface area contributed by atoms with E-state index in [-0.39, 0.29) is 29.8 Å². The molecule has 7 heteroatoms. The number of hydroxylamine groups is 2. The Kier molecular flexibility index (Phi) is 9.59. The van der Waals surface area contributed by atoms with E-state index in [0.717, 1.165) is 55.4 Å². The standard InChI is InChI=1S/C28H44N2O5/c1-6-12-28(4,5)17-23-26(27(32)33)22(20-9-10-24-21(16-20)11-15-34-24)18-29(23)19-25(31)30(13-7-2)35-14-8-3/h9-10,16,22-23,26H,6-8,11-15,17-19H2,1-5H3,(H,32,33). The molecule has 7 nitrogen and oxygen atoms in total. The average molecular weight is 489 g/mol. The van der Waals surface area contributed by atoms with Gasteiger partial charge in [-0.15, -0.1) is 0 Å². The summed E-state index contributed by atoms with van der Waals surface area (Å²) in [6.07, 6.45) is 5.28. The van der Waals surface area contributed by atoms with Crippen LogP contribution in [-0.2, 0) is 20.8 Å². The smallest absolute Gasteiger partial charge is 0.308 e. The van der Waals surface area contributed by atoms with E-state index in [2.05, 4.69) is 31.7 Å². The molecule has 3 unspecified atom stereocenters. The molecule has 1 fully saturated rings. The molecule has 35 heavy (non-hydrogen) atoms. The van der Waals surface area contributed by atoms with Crippen molar-refractivity contribution in [3.8, 4) is 5.75 Å². The largest absolute Gasteiger partial charge is 0.493 e. The Bertz CT molecular complexity index is 871. The molecule has 0 aliphatic carbocycles. The van der Waals surface area contributed by atoms with Crippen molar-refractivity contribution in [1.29, 1.82) is 0 Å². The lowest BCUT2D eigenvalue weighted by Crippen LogP contribution is -2.45. The van der Waals surface area contributed by atoms with E-state index in [9.17, 15) is 14.7 Å². The first-order valence-electron chi connectivity index (χ1n) is 13.4. The zero-order chi connectivity index (χ0) is 25.6. The number of ether oxygens (including phenoxy) is 1. The second-order valence-electron chi connectivity index (χ2n) is 10.9. The Morgan fingerprint density at radius 1 is 1.20 bits per heavy atom. The van der Waals surface area contributed by atoms with Gasteiger partial charge < -0.3 is 9.84 Å². The number of fused-ring (bicyclic) bond motifs is 1. The normalized spacial score (nSPS) is 22.1. The molecule has 0 saturated carbocycles. The third kappa shape index (κ3) is 6.76. The summed E-state index contributed by atoms with van der Waals surface area (Å²) in [5.74, 6) is -0.729. The molecule has 1 aromatic carbocycles. The van der Waals surface area contributed by atoms with Gasteiger partial charge in [0, 0.05) is 31.5 Å². The Labute approximate surface area is 210 Å². The van der Waals surface area contributed by atoms with Crippen LogP contribution in [-0.4, -0.2) is 65.8 Å². The number of carbonyl (C=O) groups excluding carboxylic acids is 1. The van der Waals surface area contributed by atoms with Crippen molar-refractivity contribution in [1.82, 2.24) is 9.96 Å². The SMILES string of the molecule is CCCON(CCC)C(=O)CN1CC(c2ccc3c(c2)CCO3)C(C(=O)O)C1CC(C)(C)CCC. The number of carboxylic acids is 1. The summed E-state index contributed by atoms with van der Waals surface area (Å²) in [5, 5.41) is 11.9. The first-order valence-corrected chi connectivity index (χ1v) is 13.4. The summed E-state index contributed by atoms with van der Waals surface area (Å²) in [5.41, 5.74) is 2.16. The zero-order valence-electron chi connectivity index (χ0n) is 22.2. The molecule has 3 rings (SSSR count). The van der Waals surface area contributed by atoms with Crippen molar-refractivity contribution >= 4 is 11.9 Å². The fourth-order valence-corrected chi connectivity index (χ4v) is 5.78. The van der Waals surface area contributed by atoms with Crippen molar-refractivity contribution in [3.63, 3.8) is 0 Å². The number of hydrogen-bond acceptors (Lipinski definition) is 5. The van der Waals surface area contributed by atoms with Gasteiger partial charge in [-0.25, -0.2) is 5.06 Å². The minimum Gasteiger partial charge on any atom is -0.493 e. The number of amides is 1. The van der Waals surface area contributed by atoms with Crippen LogP contribution in [0.4, 0.5) is 0 Å². The number of benzene rings is 1. The molecule has 1 aromatic rings. The van der Waals surface area contributed by atoms with Gasteiger partial charge in [-0.2, -0.15) is 0 Å². The van der Waals surface area contributed by atoms with Gasteiger partial charge >= 0.3 is 5.97 Å². The molecule has 1 N–H and O–H groups in total. The van der Waals surface area contributed by atoms with E-state index in [1.165, 1.54) is 5.06 Å². The third-order valence-electron chi connectivity index (χ3n) is 7.36. The Balaban J connectivity index is 1.91. The van der Waals surface area contributed by atoms with E-state index < -0.39 is 11.9 Å². The number of carboxylic acid groups (broad SMARTS) is 1. The second kappa shape index (κ2) is 12.2. The van der Waals surface area contributed by atoms with Crippen LogP contribution in [0.1, 0.15) is 83.8 Å². The highest BCUT2D eigenvalue weighted by molar-refractivity contribution is 5.78. The second-order valence-corrected chi connectivity index (χ2v) is 10.9. The van der Waals surface area contributed by atoms with Crippen molar-refractivity contribution in [2.24, 2.45) is 11.3 Å². The summed E-state index contributed by atoms with van der Waals surface area (Å²) < 4.78 is 5.67. The first-order chi connectivity index (χ1) is 16.7. The van der Waals surface area contributed by atoms with Gasteiger partial charge in [0.1, 0.15) is 5.75 Å². The van der Waals surface area contributed by atoms with Crippen LogP contribution in [0.3, 0.4) is 0 Å². The lowest BCUT2D eigenvalue weighted by atomic mass is 9.76. The minimum absolute atomic E-state index is 0.0170. The molecular formula is C28H44N2O5. The van der Waals surface area contributed by atoms with Gasteiger partial charge in [0.2, 0.25) is 0 Å². The van der Waals surface area contributed by atoms with Crippen LogP contribution in [0.2, 0.25) is 0 Å². The molecule has 0 bridgehead atoms. The third-order valence-corrected chi connectivity index (χ3v) is 7.36. The lowest BCUT2D eigenvalue weighted by molar-refractivity contribution is -0.188. The topological polar surface area (TPSA) is 79.3 Å². The summed E-state index contributed by atoms with van der Waals surface area (Å²) in [7, 11) is 0. The average Bonchev–Trinajstić information content (AvgIpc) is 3.40. The minimum atomic E-state index is -0.786. The molecule has 3 atom stereocenters. The fourth-order valence-electron chi connectivity index (χ4n) is 5.78. The molecule has 1 amide bonds. The number of aliphatic carboxylic acids is 1. The predicted octanol–water partition coefficient (Wildman–Crippen LogP) is 4.89. The van der Waals surface area contributed by atoms with Crippen LogP contribution in [0.15, 0.2) is 18.2 Å². The maximum Gasteiger partial charge on any atom is 0.308 e. The molecule has 1 saturated heterocycles. The number of nitrogens with zero attached hydrogens (tertiary/aromatic N) is 2. The van der Waals surface area contributed by atoms with Crippen LogP contribution in [0, 0.1) is 11.3 Å². The summed E-state index contributed by atoms with van der Waals surface area (Å²) in [6.45, 7) is 13.0. The maximum atomic E-state index is 13.3. The van der Waals surface area contributed by atoms with Crippen LogP contribution < -0.4 is 4.74 Å². The number of carbonyl (C=O) groups is 2. The van der Waals surface area contributed by atoms with E-state index in [4.69, 9.17) is 9.57 Å². The predicted molar refractivity (Wildman–Crippen MR) is 136 cm³/mol. The van der Waals surface area contributed by atoms with E-state index in [1.54, 1.807) is 0 Å². The number of likely N-dealkylation sites (tertiary alicyclic amines) is 1. The Morgan fingerprint density at radius 2 is 1.97 bits per heavy atom. The van der Waals surface area contributed by atoms with Gasteiger partial charge in [-0.05, 0) is 48.3 Å². The molecule has 0 spiro atoms. The van der Waals surface area contributed by atoms with Gasteiger partial charge in [-0.1, -0.05) is 53.2 Å².